The van der Waals surface area contributed by atoms with Gasteiger partial charge >= 0.3 is 24.3 Å². The molecule has 4 rings (SSSR count). The third kappa shape index (κ3) is 11.6. The van der Waals surface area contributed by atoms with E-state index in [-0.39, 0.29) is 0 Å². The smallest absolute Gasteiger partial charge is 0.475 e. The normalized spacial score (nSPS) is 15.6. The number of pyridine rings is 1. The number of aliphatic carboxylic acids is 2. The van der Waals surface area contributed by atoms with Crippen LogP contribution in [0.1, 0.15) is 16.8 Å². The van der Waals surface area contributed by atoms with E-state index in [1.807, 2.05) is 36.9 Å². The van der Waals surface area contributed by atoms with Gasteiger partial charge in [-0.1, -0.05) is 6.07 Å². The molecular formula is C23H24F6N4O6. The number of hydrogen-bond donors (Lipinski definition) is 2. The zero-order chi connectivity index (χ0) is 29.1. The van der Waals surface area contributed by atoms with E-state index in [0.29, 0.717) is 19.1 Å². The van der Waals surface area contributed by atoms with Gasteiger partial charge in [0.2, 0.25) is 0 Å². The number of furan rings is 1. The molecule has 2 N–H and O–H groups in total. The summed E-state index contributed by atoms with van der Waals surface area (Å²) in [5.41, 5.74) is 3.55. The summed E-state index contributed by atoms with van der Waals surface area (Å²) in [4.78, 5) is 24.4. The van der Waals surface area contributed by atoms with Crippen molar-refractivity contribution in [2.45, 2.75) is 38.6 Å². The van der Waals surface area contributed by atoms with Gasteiger partial charge in [0.25, 0.3) is 0 Å². The second-order valence-corrected chi connectivity index (χ2v) is 8.15. The summed E-state index contributed by atoms with van der Waals surface area (Å²) in [6.07, 6.45) is -1.11. The second-order valence-electron chi connectivity index (χ2n) is 8.15. The Balaban J connectivity index is 0.000000317. The van der Waals surface area contributed by atoms with Gasteiger partial charge in [0.1, 0.15) is 0 Å². The van der Waals surface area contributed by atoms with E-state index in [0.717, 1.165) is 31.7 Å². The molecule has 0 amide bonds. The summed E-state index contributed by atoms with van der Waals surface area (Å²) >= 11 is 0. The van der Waals surface area contributed by atoms with Crippen molar-refractivity contribution in [1.29, 1.82) is 0 Å². The first-order chi connectivity index (χ1) is 18.3. The molecule has 0 saturated heterocycles. The predicted octanol–water partition coefficient (Wildman–Crippen LogP) is 3.99. The molecule has 1 aliphatic rings. The fourth-order valence-corrected chi connectivity index (χ4v) is 3.31. The lowest BCUT2D eigenvalue weighted by Gasteiger charge is -2.23. The van der Waals surface area contributed by atoms with Gasteiger partial charge in [0.05, 0.1) is 31.4 Å². The van der Waals surface area contributed by atoms with E-state index in [9.17, 15) is 26.3 Å². The van der Waals surface area contributed by atoms with Crippen LogP contribution in [0.15, 0.2) is 59.8 Å². The fraction of sp³-hybridized carbons (Fsp3) is 0.391. The number of carboxylic acids is 2. The third-order valence-corrected chi connectivity index (χ3v) is 4.95. The van der Waals surface area contributed by atoms with Gasteiger partial charge in [-0.25, -0.2) is 9.59 Å². The van der Waals surface area contributed by atoms with Gasteiger partial charge in [-0.15, -0.1) is 0 Å². The van der Waals surface area contributed by atoms with Crippen LogP contribution in [0.25, 0.3) is 0 Å². The summed E-state index contributed by atoms with van der Waals surface area (Å²) in [5, 5.41) is 18.7. The van der Waals surface area contributed by atoms with Gasteiger partial charge < -0.3 is 19.4 Å². The van der Waals surface area contributed by atoms with Crippen LogP contribution in [0.3, 0.4) is 0 Å². The molecule has 214 valence electrons. The van der Waals surface area contributed by atoms with Crippen LogP contribution in [0, 0.1) is 5.92 Å². The van der Waals surface area contributed by atoms with Gasteiger partial charge in [-0.05, 0) is 23.8 Å². The van der Waals surface area contributed by atoms with Gasteiger partial charge in [-0.3, -0.25) is 14.6 Å². The van der Waals surface area contributed by atoms with Gasteiger partial charge in [0.15, 0.2) is 0 Å². The van der Waals surface area contributed by atoms with Crippen molar-refractivity contribution in [3.8, 4) is 0 Å². The van der Waals surface area contributed by atoms with Crippen LogP contribution < -0.4 is 0 Å². The van der Waals surface area contributed by atoms with Crippen molar-refractivity contribution >= 4 is 11.9 Å². The molecule has 3 aromatic rings. The molecule has 0 fully saturated rings. The SMILES string of the molecule is O=C(O)C(F)(F)F.O=C(O)C(F)(F)F.c1cncc(COCC2CN(Cc3ccoc3)Cc3ccnn3C2)c1. The fourth-order valence-electron chi connectivity index (χ4n) is 3.31. The lowest BCUT2D eigenvalue weighted by atomic mass is 10.1. The molecule has 1 atom stereocenters. The summed E-state index contributed by atoms with van der Waals surface area (Å²) in [7, 11) is 0. The molecule has 0 spiro atoms. The van der Waals surface area contributed by atoms with Crippen LogP contribution in [-0.4, -0.2) is 67.3 Å². The maximum Gasteiger partial charge on any atom is 0.490 e. The number of nitrogens with zero attached hydrogens (tertiary/aromatic N) is 4. The lowest BCUT2D eigenvalue weighted by Crippen LogP contribution is -2.30. The molecule has 0 bridgehead atoms. The van der Waals surface area contributed by atoms with E-state index in [4.69, 9.17) is 29.0 Å². The van der Waals surface area contributed by atoms with Crippen molar-refractivity contribution in [2.24, 2.45) is 5.92 Å². The highest BCUT2D eigenvalue weighted by atomic mass is 19.4. The van der Waals surface area contributed by atoms with E-state index in [1.165, 1.54) is 11.3 Å². The van der Waals surface area contributed by atoms with E-state index < -0.39 is 24.3 Å². The summed E-state index contributed by atoms with van der Waals surface area (Å²) in [6.45, 7) is 4.93. The number of halogens is 6. The molecule has 0 saturated carbocycles. The molecule has 0 radical (unpaired) electrons. The Kier molecular flexibility index (Phi) is 11.5. The zero-order valence-corrected chi connectivity index (χ0v) is 20.1. The first-order valence-electron chi connectivity index (χ1n) is 11.1. The molecule has 39 heavy (non-hydrogen) atoms. The Morgan fingerprint density at radius 3 is 2.21 bits per heavy atom. The average molecular weight is 566 g/mol. The van der Waals surface area contributed by atoms with Crippen molar-refractivity contribution in [3.63, 3.8) is 0 Å². The van der Waals surface area contributed by atoms with Gasteiger partial charge in [-0.2, -0.15) is 31.4 Å². The van der Waals surface area contributed by atoms with E-state index in [2.05, 4.69) is 25.7 Å². The quantitative estimate of drug-likeness (QED) is 0.426. The summed E-state index contributed by atoms with van der Waals surface area (Å²) < 4.78 is 76.7. The van der Waals surface area contributed by atoms with Crippen LogP contribution >= 0.6 is 0 Å². The van der Waals surface area contributed by atoms with Crippen molar-refractivity contribution in [3.05, 3.63) is 72.2 Å². The zero-order valence-electron chi connectivity index (χ0n) is 20.1. The Morgan fingerprint density at radius 2 is 1.67 bits per heavy atom. The minimum absolute atomic E-state index is 0.393. The maximum absolute atomic E-state index is 10.6. The summed E-state index contributed by atoms with van der Waals surface area (Å²) in [5.74, 6) is -5.12. The Labute approximate surface area is 217 Å². The largest absolute Gasteiger partial charge is 0.490 e. The number of carbonyl (C=O) groups is 2. The molecule has 16 heteroatoms. The molecule has 3 aromatic heterocycles. The van der Waals surface area contributed by atoms with Crippen molar-refractivity contribution in [2.75, 3.05) is 13.2 Å². The third-order valence-electron chi connectivity index (χ3n) is 4.95. The second kappa shape index (κ2) is 14.3. The molecule has 1 aliphatic heterocycles. The molecule has 0 aromatic carbocycles. The number of aromatic nitrogens is 3. The Morgan fingerprint density at radius 1 is 1.00 bits per heavy atom. The van der Waals surface area contributed by atoms with Crippen LogP contribution in [-0.2, 0) is 40.6 Å². The summed E-state index contributed by atoms with van der Waals surface area (Å²) in [6, 6.07) is 8.10. The average Bonchev–Trinajstić information content (AvgIpc) is 3.48. The lowest BCUT2D eigenvalue weighted by molar-refractivity contribution is -0.193. The topological polar surface area (TPSA) is 131 Å². The number of fused-ring (bicyclic) bond motifs is 1. The van der Waals surface area contributed by atoms with Crippen LogP contribution in [0.4, 0.5) is 26.3 Å². The number of rotatable bonds is 6. The first kappa shape index (κ1) is 31.3. The first-order valence-corrected chi connectivity index (χ1v) is 11.1. The standard InChI is InChI=1S/C19H22N4O2.2C2HF3O2/c1-2-16(8-20-5-1)13-25-15-18-10-22(9-17-4-7-24-14-17)12-19-3-6-21-23(19)11-18;2*3-2(4,5)1(6)7/h1-8,14,18H,9-13,15H2;2*(H,6,7). The van der Waals surface area contributed by atoms with Crippen molar-refractivity contribution in [1.82, 2.24) is 19.7 Å². The highest BCUT2D eigenvalue weighted by Crippen LogP contribution is 2.19. The number of alkyl halides is 6. The minimum atomic E-state index is -5.08. The highest BCUT2D eigenvalue weighted by molar-refractivity contribution is 5.73. The minimum Gasteiger partial charge on any atom is -0.475 e. The van der Waals surface area contributed by atoms with Gasteiger partial charge in [0, 0.05) is 56.3 Å². The Hall–Kier alpha value is -3.92. The molecule has 1 unspecified atom stereocenters. The Bertz CT molecular complexity index is 1130. The number of ether oxygens (including phenoxy) is 1. The number of carboxylic acid groups (broad SMARTS) is 2. The molecule has 0 aliphatic carbocycles. The van der Waals surface area contributed by atoms with E-state index in [1.54, 1.807) is 12.5 Å². The number of hydrogen-bond acceptors (Lipinski definition) is 7. The monoisotopic (exact) mass is 566 g/mol. The molecule has 10 nitrogen and oxygen atoms in total. The van der Waals surface area contributed by atoms with Crippen molar-refractivity contribution < 1.29 is 55.3 Å². The molecule has 4 heterocycles. The maximum atomic E-state index is 10.6. The van der Waals surface area contributed by atoms with Crippen LogP contribution in [0.2, 0.25) is 0 Å². The van der Waals surface area contributed by atoms with E-state index >= 15 is 0 Å². The molecular weight excluding hydrogens is 542 g/mol. The highest BCUT2D eigenvalue weighted by Gasteiger charge is 2.38. The van der Waals surface area contributed by atoms with Crippen LogP contribution in [0.5, 0.6) is 0 Å². The predicted molar refractivity (Wildman–Crippen MR) is 120 cm³/mol.